The molecule has 4 nitrogen and oxygen atoms in total. The zero-order chi connectivity index (χ0) is 12.9. The highest BCUT2D eigenvalue weighted by molar-refractivity contribution is 5.95. The van der Waals surface area contributed by atoms with Crippen LogP contribution in [0.5, 0.6) is 11.5 Å². The summed E-state index contributed by atoms with van der Waals surface area (Å²) in [6.45, 7) is 4.00. The third kappa shape index (κ3) is 2.59. The summed E-state index contributed by atoms with van der Waals surface area (Å²) in [5, 5.41) is 19.7. The van der Waals surface area contributed by atoms with E-state index in [0.717, 1.165) is 0 Å². The number of aromatic hydroxyl groups is 2. The summed E-state index contributed by atoms with van der Waals surface area (Å²) in [5.41, 5.74) is -0.666. The Balaban J connectivity index is 0.00000106. The minimum absolute atomic E-state index is 0.503. The van der Waals surface area contributed by atoms with Crippen LogP contribution in [0.25, 0.3) is 0 Å². The second-order valence-electron chi connectivity index (χ2n) is 2.50. The van der Waals surface area contributed by atoms with Crippen LogP contribution >= 0.6 is 0 Å². The molecule has 0 aliphatic rings. The number of benzene rings is 1. The second kappa shape index (κ2) is 5.89. The predicted octanol–water partition coefficient (Wildman–Crippen LogP) is 1.76. The molecule has 0 heterocycles. The number of halogens is 2. The van der Waals surface area contributed by atoms with Crippen molar-refractivity contribution >= 4 is 5.91 Å². The maximum atomic E-state index is 13.0. The molecule has 0 unspecified atom stereocenters. The number of amides is 1. The summed E-state index contributed by atoms with van der Waals surface area (Å²) in [6, 6.07) is 0.503. The Morgan fingerprint density at radius 1 is 1.25 bits per heavy atom. The molecule has 0 saturated carbocycles. The van der Waals surface area contributed by atoms with Gasteiger partial charge in [0.15, 0.2) is 23.1 Å². The van der Waals surface area contributed by atoms with Crippen molar-refractivity contribution in [3.05, 3.63) is 23.3 Å². The summed E-state index contributed by atoms with van der Waals surface area (Å²) in [6.07, 6.45) is 0. The molecule has 90 valence electrons. The Labute approximate surface area is 91.5 Å². The van der Waals surface area contributed by atoms with Crippen LogP contribution in [0.1, 0.15) is 24.2 Å². The molecule has 0 saturated heterocycles. The minimum atomic E-state index is -1.36. The SMILES string of the molecule is CC.CNC(=O)c1cc(F)c(O)c(O)c1F. The van der Waals surface area contributed by atoms with Crippen molar-refractivity contribution in [2.75, 3.05) is 7.05 Å². The molecule has 0 spiro atoms. The van der Waals surface area contributed by atoms with Gasteiger partial charge in [0, 0.05) is 7.05 Å². The van der Waals surface area contributed by atoms with Crippen molar-refractivity contribution in [3.8, 4) is 11.5 Å². The first-order chi connectivity index (χ1) is 7.49. The number of phenols is 2. The van der Waals surface area contributed by atoms with Crippen LogP contribution in [0, 0.1) is 11.6 Å². The average molecular weight is 233 g/mol. The molecule has 0 atom stereocenters. The van der Waals surface area contributed by atoms with E-state index in [4.69, 9.17) is 10.2 Å². The molecule has 0 radical (unpaired) electrons. The van der Waals surface area contributed by atoms with Crippen LogP contribution in [-0.4, -0.2) is 23.2 Å². The third-order valence-electron chi connectivity index (χ3n) is 1.64. The summed E-state index contributed by atoms with van der Waals surface area (Å²) >= 11 is 0. The fraction of sp³-hybridized carbons (Fsp3) is 0.300. The van der Waals surface area contributed by atoms with Gasteiger partial charge in [-0.15, -0.1) is 0 Å². The quantitative estimate of drug-likeness (QED) is 0.647. The number of nitrogens with one attached hydrogen (secondary N) is 1. The molecule has 0 bridgehead atoms. The lowest BCUT2D eigenvalue weighted by Gasteiger charge is -2.05. The van der Waals surface area contributed by atoms with Gasteiger partial charge in [-0.05, 0) is 6.07 Å². The van der Waals surface area contributed by atoms with E-state index in [0.29, 0.717) is 6.07 Å². The van der Waals surface area contributed by atoms with Gasteiger partial charge in [0.2, 0.25) is 0 Å². The van der Waals surface area contributed by atoms with Crippen LogP contribution in [0.4, 0.5) is 8.78 Å². The highest BCUT2D eigenvalue weighted by Gasteiger charge is 2.20. The minimum Gasteiger partial charge on any atom is -0.502 e. The Bertz CT molecular complexity index is 394. The summed E-state index contributed by atoms with van der Waals surface area (Å²) < 4.78 is 25.8. The van der Waals surface area contributed by atoms with E-state index in [2.05, 4.69) is 5.32 Å². The molecule has 0 fully saturated rings. The van der Waals surface area contributed by atoms with Crippen molar-refractivity contribution in [1.82, 2.24) is 5.32 Å². The molecular formula is C10H13F2NO3. The zero-order valence-corrected chi connectivity index (χ0v) is 9.14. The largest absolute Gasteiger partial charge is 0.502 e. The maximum Gasteiger partial charge on any atom is 0.254 e. The summed E-state index contributed by atoms with van der Waals surface area (Å²) in [7, 11) is 1.23. The van der Waals surface area contributed by atoms with E-state index in [1.807, 2.05) is 13.8 Å². The second-order valence-corrected chi connectivity index (χ2v) is 2.50. The first-order valence-electron chi connectivity index (χ1n) is 4.61. The number of carbonyl (C=O) groups excluding carboxylic acids is 1. The number of rotatable bonds is 1. The average Bonchev–Trinajstić information content (AvgIpc) is 2.32. The van der Waals surface area contributed by atoms with Crippen molar-refractivity contribution in [2.24, 2.45) is 0 Å². The molecule has 0 aromatic heterocycles. The third-order valence-corrected chi connectivity index (χ3v) is 1.64. The maximum absolute atomic E-state index is 13.0. The first-order valence-corrected chi connectivity index (χ1v) is 4.61. The van der Waals surface area contributed by atoms with Gasteiger partial charge in [0.1, 0.15) is 0 Å². The number of hydrogen-bond acceptors (Lipinski definition) is 3. The number of phenolic OH excluding ortho intramolecular Hbond substituents is 2. The van der Waals surface area contributed by atoms with Gasteiger partial charge in [-0.25, -0.2) is 8.78 Å². The van der Waals surface area contributed by atoms with Crippen LogP contribution < -0.4 is 5.32 Å². The fourth-order valence-corrected chi connectivity index (χ4v) is 0.903. The van der Waals surface area contributed by atoms with E-state index in [-0.39, 0.29) is 0 Å². The Kier molecular flexibility index (Phi) is 5.21. The van der Waals surface area contributed by atoms with Crippen molar-refractivity contribution in [3.63, 3.8) is 0 Å². The van der Waals surface area contributed by atoms with E-state index in [9.17, 15) is 13.6 Å². The first kappa shape index (κ1) is 14.2. The van der Waals surface area contributed by atoms with Crippen LogP contribution in [0.3, 0.4) is 0 Å². The molecule has 1 amide bonds. The molecule has 3 N–H and O–H groups in total. The van der Waals surface area contributed by atoms with Crippen LogP contribution in [-0.2, 0) is 0 Å². The van der Waals surface area contributed by atoms with E-state index >= 15 is 0 Å². The van der Waals surface area contributed by atoms with Crippen molar-refractivity contribution in [2.45, 2.75) is 13.8 Å². The van der Waals surface area contributed by atoms with Crippen molar-refractivity contribution in [1.29, 1.82) is 0 Å². The molecule has 16 heavy (non-hydrogen) atoms. The van der Waals surface area contributed by atoms with Gasteiger partial charge in [0.05, 0.1) is 5.56 Å². The monoisotopic (exact) mass is 233 g/mol. The molecular weight excluding hydrogens is 220 g/mol. The van der Waals surface area contributed by atoms with Gasteiger partial charge < -0.3 is 15.5 Å². The standard InChI is InChI=1S/C8H7F2NO3.C2H6/c1-11-8(14)3-2-4(9)6(12)7(13)5(3)10;1-2/h2,12-13H,1H3,(H,11,14);1-2H3. The van der Waals surface area contributed by atoms with Gasteiger partial charge in [0.25, 0.3) is 5.91 Å². The Hall–Kier alpha value is -1.85. The molecule has 6 heteroatoms. The summed E-state index contributed by atoms with van der Waals surface area (Å²) in [5.74, 6) is -6.00. The summed E-state index contributed by atoms with van der Waals surface area (Å²) in [4.78, 5) is 10.9. The molecule has 1 aromatic rings. The van der Waals surface area contributed by atoms with Crippen molar-refractivity contribution < 1.29 is 23.8 Å². The van der Waals surface area contributed by atoms with Crippen LogP contribution in [0.2, 0.25) is 0 Å². The Morgan fingerprint density at radius 3 is 2.19 bits per heavy atom. The molecule has 0 aliphatic heterocycles. The normalized spacial score (nSPS) is 9.06. The molecule has 1 aromatic carbocycles. The van der Waals surface area contributed by atoms with E-state index in [1.54, 1.807) is 0 Å². The van der Waals surface area contributed by atoms with Crippen LogP contribution in [0.15, 0.2) is 6.07 Å². The predicted molar refractivity (Wildman–Crippen MR) is 54.4 cm³/mol. The smallest absolute Gasteiger partial charge is 0.254 e. The Morgan fingerprint density at radius 2 is 1.75 bits per heavy atom. The molecule has 1 rings (SSSR count). The van der Waals surface area contributed by atoms with E-state index in [1.165, 1.54) is 7.05 Å². The van der Waals surface area contributed by atoms with Gasteiger partial charge in [-0.2, -0.15) is 0 Å². The van der Waals surface area contributed by atoms with E-state index < -0.39 is 34.6 Å². The lowest BCUT2D eigenvalue weighted by Crippen LogP contribution is -2.19. The van der Waals surface area contributed by atoms with Gasteiger partial charge in [-0.1, -0.05) is 13.8 Å². The van der Waals surface area contributed by atoms with Gasteiger partial charge in [-0.3, -0.25) is 4.79 Å². The highest BCUT2D eigenvalue weighted by Crippen LogP contribution is 2.32. The lowest BCUT2D eigenvalue weighted by atomic mass is 10.1. The topological polar surface area (TPSA) is 69.6 Å². The molecule has 0 aliphatic carbocycles. The zero-order valence-electron chi connectivity index (χ0n) is 9.14. The number of carbonyl (C=O) groups is 1. The van der Waals surface area contributed by atoms with Gasteiger partial charge >= 0.3 is 0 Å². The fourth-order valence-electron chi connectivity index (χ4n) is 0.903. The highest BCUT2D eigenvalue weighted by atomic mass is 19.1. The lowest BCUT2D eigenvalue weighted by molar-refractivity contribution is 0.0957. The number of hydrogen-bond donors (Lipinski definition) is 3.